The summed E-state index contributed by atoms with van der Waals surface area (Å²) in [5, 5.41) is 13.0. The number of rotatable bonds is 6. The van der Waals surface area contributed by atoms with Crippen molar-refractivity contribution in [1.29, 1.82) is 0 Å². The molecule has 1 heterocycles. The van der Waals surface area contributed by atoms with Gasteiger partial charge in [0.2, 0.25) is 5.16 Å². The quantitative estimate of drug-likeness (QED) is 0.508. The fourth-order valence-electron chi connectivity index (χ4n) is 2.47. The first-order valence-electron chi connectivity index (χ1n) is 7.77. The van der Waals surface area contributed by atoms with Crippen molar-refractivity contribution in [1.82, 2.24) is 20.2 Å². The van der Waals surface area contributed by atoms with Gasteiger partial charge in [-0.1, -0.05) is 54.2 Å². The topological polar surface area (TPSA) is 43.6 Å². The van der Waals surface area contributed by atoms with E-state index in [0.717, 1.165) is 29.4 Å². The molecule has 0 N–H and O–H groups in total. The van der Waals surface area contributed by atoms with Gasteiger partial charge in [0.05, 0.1) is 5.69 Å². The van der Waals surface area contributed by atoms with Crippen molar-refractivity contribution >= 4 is 11.8 Å². The molecule has 0 spiro atoms. The molecule has 118 valence electrons. The Bertz CT molecular complexity index is 768. The second kappa shape index (κ2) is 7.42. The fraction of sp³-hybridized carbons (Fsp3) is 0.278. The van der Waals surface area contributed by atoms with Gasteiger partial charge in [0.25, 0.3) is 0 Å². The summed E-state index contributed by atoms with van der Waals surface area (Å²) in [5.74, 6) is 1.00. The molecule has 0 atom stereocenters. The zero-order valence-corrected chi connectivity index (χ0v) is 14.3. The molecule has 23 heavy (non-hydrogen) atoms. The number of hydrogen-bond donors (Lipinski definition) is 0. The summed E-state index contributed by atoms with van der Waals surface area (Å²) < 4.78 is 1.84. The van der Waals surface area contributed by atoms with Gasteiger partial charge in [-0.25, -0.2) is 0 Å². The normalized spacial score (nSPS) is 10.9. The second-order valence-corrected chi connectivity index (χ2v) is 6.59. The van der Waals surface area contributed by atoms with Crippen LogP contribution in [-0.4, -0.2) is 26.0 Å². The van der Waals surface area contributed by atoms with Gasteiger partial charge in [0.15, 0.2) is 0 Å². The molecule has 3 rings (SSSR count). The number of aryl methyl sites for hydroxylation is 2. The molecule has 0 unspecified atom stereocenters. The van der Waals surface area contributed by atoms with Crippen molar-refractivity contribution in [3.63, 3.8) is 0 Å². The first kappa shape index (κ1) is 15.7. The highest BCUT2D eigenvalue weighted by molar-refractivity contribution is 7.99. The molecule has 3 aromatic rings. The van der Waals surface area contributed by atoms with Crippen LogP contribution in [0.1, 0.15) is 23.1 Å². The van der Waals surface area contributed by atoms with Crippen LogP contribution in [0.3, 0.4) is 0 Å². The first-order chi connectivity index (χ1) is 11.3. The van der Waals surface area contributed by atoms with Crippen molar-refractivity contribution in [2.45, 2.75) is 31.8 Å². The molecule has 0 saturated heterocycles. The number of aromatic nitrogens is 4. The molecule has 0 bridgehead atoms. The lowest BCUT2D eigenvalue weighted by molar-refractivity contribution is 0.750. The predicted octanol–water partition coefficient (Wildman–Crippen LogP) is 4.00. The standard InChI is InChI=1S/C18H20N4S/c1-14-8-6-12-17(15(14)2)22-18(19-20-21-22)23-13-7-11-16-9-4-3-5-10-16/h3-6,8-10,12H,7,11,13H2,1-2H3. The van der Waals surface area contributed by atoms with E-state index in [1.54, 1.807) is 11.8 Å². The summed E-state index contributed by atoms with van der Waals surface area (Å²) in [7, 11) is 0. The molecule has 0 saturated carbocycles. The van der Waals surface area contributed by atoms with Crippen molar-refractivity contribution in [3.05, 3.63) is 65.2 Å². The summed E-state index contributed by atoms with van der Waals surface area (Å²) in [6.07, 6.45) is 2.19. The van der Waals surface area contributed by atoms with Gasteiger partial charge in [-0.3, -0.25) is 0 Å². The largest absolute Gasteiger partial charge is 0.214 e. The fourth-order valence-corrected chi connectivity index (χ4v) is 3.29. The lowest BCUT2D eigenvalue weighted by Crippen LogP contribution is -2.03. The zero-order valence-electron chi connectivity index (χ0n) is 13.4. The Morgan fingerprint density at radius 1 is 1.00 bits per heavy atom. The summed E-state index contributed by atoms with van der Waals surface area (Å²) in [5.41, 5.74) is 4.90. The molecule has 0 aliphatic heterocycles. The maximum absolute atomic E-state index is 4.17. The highest BCUT2D eigenvalue weighted by Crippen LogP contribution is 2.23. The minimum atomic E-state index is 0.853. The van der Waals surface area contributed by atoms with E-state index in [-0.39, 0.29) is 0 Å². The van der Waals surface area contributed by atoms with E-state index >= 15 is 0 Å². The molecule has 0 radical (unpaired) electrons. The molecule has 2 aromatic carbocycles. The molecule has 0 aliphatic rings. The average molecular weight is 324 g/mol. The minimum Gasteiger partial charge on any atom is -0.187 e. The molecule has 4 nitrogen and oxygen atoms in total. The minimum absolute atomic E-state index is 0.853. The number of tetrazole rings is 1. The Morgan fingerprint density at radius 2 is 1.83 bits per heavy atom. The van der Waals surface area contributed by atoms with Crippen LogP contribution < -0.4 is 0 Å². The van der Waals surface area contributed by atoms with Gasteiger partial charge < -0.3 is 0 Å². The summed E-state index contributed by atoms with van der Waals surface area (Å²) in [4.78, 5) is 0. The number of nitrogens with zero attached hydrogens (tertiary/aromatic N) is 4. The maximum Gasteiger partial charge on any atom is 0.214 e. The lowest BCUT2D eigenvalue weighted by Gasteiger charge is -2.09. The Hall–Kier alpha value is -2.14. The highest BCUT2D eigenvalue weighted by Gasteiger charge is 2.11. The Kier molecular flexibility index (Phi) is 5.08. The molecule has 0 aliphatic carbocycles. The smallest absolute Gasteiger partial charge is 0.187 e. The molecule has 0 amide bonds. The monoisotopic (exact) mass is 324 g/mol. The average Bonchev–Trinajstić information content (AvgIpc) is 3.03. The number of hydrogen-bond acceptors (Lipinski definition) is 4. The van der Waals surface area contributed by atoms with Gasteiger partial charge in [-0.15, -0.1) is 5.10 Å². The first-order valence-corrected chi connectivity index (χ1v) is 8.76. The third kappa shape index (κ3) is 3.79. The van der Waals surface area contributed by atoms with Crippen molar-refractivity contribution in [3.8, 4) is 5.69 Å². The van der Waals surface area contributed by atoms with E-state index in [2.05, 4.69) is 71.8 Å². The second-order valence-electron chi connectivity index (χ2n) is 5.53. The Morgan fingerprint density at radius 3 is 2.65 bits per heavy atom. The maximum atomic E-state index is 4.17. The van der Waals surface area contributed by atoms with Crippen LogP contribution in [0, 0.1) is 13.8 Å². The third-order valence-corrected chi connectivity index (χ3v) is 4.93. The van der Waals surface area contributed by atoms with E-state index in [4.69, 9.17) is 0 Å². The van der Waals surface area contributed by atoms with Crippen molar-refractivity contribution in [2.75, 3.05) is 5.75 Å². The van der Waals surface area contributed by atoms with Crippen LogP contribution >= 0.6 is 11.8 Å². The predicted molar refractivity (Wildman–Crippen MR) is 94.1 cm³/mol. The Balaban J connectivity index is 1.64. The van der Waals surface area contributed by atoms with Crippen LogP contribution in [0.2, 0.25) is 0 Å². The molecule has 0 fully saturated rings. The van der Waals surface area contributed by atoms with Gasteiger partial charge in [-0.05, 0) is 59.9 Å². The van der Waals surface area contributed by atoms with E-state index < -0.39 is 0 Å². The molecular weight excluding hydrogens is 304 g/mol. The zero-order chi connectivity index (χ0) is 16.1. The number of benzene rings is 2. The van der Waals surface area contributed by atoms with E-state index in [1.807, 2.05) is 10.7 Å². The third-order valence-electron chi connectivity index (χ3n) is 3.93. The summed E-state index contributed by atoms with van der Waals surface area (Å²) in [6, 6.07) is 16.8. The van der Waals surface area contributed by atoms with Crippen LogP contribution in [0.25, 0.3) is 5.69 Å². The van der Waals surface area contributed by atoms with Gasteiger partial charge >= 0.3 is 0 Å². The summed E-state index contributed by atoms with van der Waals surface area (Å²) in [6.45, 7) is 4.21. The van der Waals surface area contributed by atoms with Crippen LogP contribution in [0.5, 0.6) is 0 Å². The molecule has 1 aromatic heterocycles. The lowest BCUT2D eigenvalue weighted by atomic mass is 10.1. The highest BCUT2D eigenvalue weighted by atomic mass is 32.2. The van der Waals surface area contributed by atoms with Crippen LogP contribution in [-0.2, 0) is 6.42 Å². The van der Waals surface area contributed by atoms with Crippen LogP contribution in [0.15, 0.2) is 53.7 Å². The number of thioether (sulfide) groups is 1. The molecule has 5 heteroatoms. The van der Waals surface area contributed by atoms with Gasteiger partial charge in [-0.2, -0.15) is 4.68 Å². The summed E-state index contributed by atoms with van der Waals surface area (Å²) >= 11 is 1.71. The van der Waals surface area contributed by atoms with Crippen molar-refractivity contribution < 1.29 is 0 Å². The van der Waals surface area contributed by atoms with E-state index in [1.165, 1.54) is 16.7 Å². The van der Waals surface area contributed by atoms with Crippen LogP contribution in [0.4, 0.5) is 0 Å². The Labute approximate surface area is 140 Å². The SMILES string of the molecule is Cc1cccc(-n2nnnc2SCCCc2ccccc2)c1C. The molecular formula is C18H20N4S. The van der Waals surface area contributed by atoms with E-state index in [0.29, 0.717) is 0 Å². The van der Waals surface area contributed by atoms with Gasteiger partial charge in [0, 0.05) is 5.75 Å². The van der Waals surface area contributed by atoms with E-state index in [9.17, 15) is 0 Å². The van der Waals surface area contributed by atoms with Gasteiger partial charge in [0.1, 0.15) is 0 Å². The van der Waals surface area contributed by atoms with Crippen molar-refractivity contribution in [2.24, 2.45) is 0 Å².